The quantitative estimate of drug-likeness (QED) is 0.458. The highest BCUT2D eigenvalue weighted by molar-refractivity contribution is 5.93. The fourth-order valence-corrected chi connectivity index (χ4v) is 6.29. The van der Waals surface area contributed by atoms with Crippen molar-refractivity contribution in [2.24, 2.45) is 0 Å². The molecule has 176 valence electrons. The Kier molecular flexibility index (Phi) is 4.56. The van der Waals surface area contributed by atoms with Gasteiger partial charge in [-0.2, -0.15) is 0 Å². The lowest BCUT2D eigenvalue weighted by Gasteiger charge is -2.31. The number of carbonyl (C=O) groups is 1. The second-order valence-corrected chi connectivity index (χ2v) is 9.84. The number of pyridine rings is 2. The molecule has 6 rings (SSSR count). The van der Waals surface area contributed by atoms with Crippen LogP contribution in [0.25, 0.3) is 22.3 Å². The molecule has 0 unspecified atom stereocenters. The molecule has 0 saturated heterocycles. The number of aromatic nitrogens is 2. The molecule has 1 aliphatic carbocycles. The molecule has 0 radical (unpaired) electrons. The van der Waals surface area contributed by atoms with Crippen LogP contribution in [0.3, 0.4) is 0 Å². The van der Waals surface area contributed by atoms with Crippen LogP contribution >= 0.6 is 0 Å². The second-order valence-electron chi connectivity index (χ2n) is 9.84. The first-order valence-electron chi connectivity index (χ1n) is 12.1. The third kappa shape index (κ3) is 2.62. The molecule has 0 fully saturated rings. The first-order valence-corrected chi connectivity index (χ1v) is 12.1. The topological polar surface area (TPSA) is 81.4 Å². The summed E-state index contributed by atoms with van der Waals surface area (Å²) in [6.45, 7) is 5.91. The summed E-state index contributed by atoms with van der Waals surface area (Å²) in [6, 6.07) is 3.23. The molecule has 4 heterocycles. The van der Waals surface area contributed by atoms with Crippen LogP contribution < -0.4 is 5.56 Å². The third-order valence-corrected chi connectivity index (χ3v) is 8.13. The van der Waals surface area contributed by atoms with Crippen molar-refractivity contribution in [2.45, 2.75) is 77.5 Å². The van der Waals surface area contributed by atoms with Crippen LogP contribution in [0, 0.1) is 12.7 Å². The number of nitrogens with zero attached hydrogens (tertiary/aromatic N) is 2. The van der Waals surface area contributed by atoms with Crippen LogP contribution in [0.2, 0.25) is 0 Å². The molecule has 0 saturated carbocycles. The Morgan fingerprint density at radius 3 is 2.76 bits per heavy atom. The number of aliphatic hydroxyl groups is 1. The number of carbonyl (C=O) groups excluding carboxylic acids is 1. The van der Waals surface area contributed by atoms with Gasteiger partial charge in [-0.05, 0) is 61.3 Å². The number of halogens is 1. The Morgan fingerprint density at radius 1 is 1.24 bits per heavy atom. The van der Waals surface area contributed by atoms with Gasteiger partial charge in [0.25, 0.3) is 5.56 Å². The molecule has 1 aromatic carbocycles. The van der Waals surface area contributed by atoms with Gasteiger partial charge in [-0.25, -0.2) is 14.2 Å². The molecule has 3 aromatic rings. The zero-order valence-electron chi connectivity index (χ0n) is 19.6. The molecule has 0 spiro atoms. The average molecular weight is 463 g/mol. The summed E-state index contributed by atoms with van der Waals surface area (Å²) in [6.07, 6.45) is 3.90. The number of hydrogen-bond donors (Lipinski definition) is 1. The van der Waals surface area contributed by atoms with Gasteiger partial charge in [-0.15, -0.1) is 0 Å². The van der Waals surface area contributed by atoms with Crippen molar-refractivity contribution in [3.63, 3.8) is 0 Å². The molecule has 1 N–H and O–H groups in total. The molecule has 3 aliphatic rings. The normalized spacial score (nSPS) is 22.4. The Hall–Kier alpha value is -3.06. The number of esters is 1. The Bertz CT molecular complexity index is 1470. The molecule has 7 heteroatoms. The highest BCUT2D eigenvalue weighted by Gasteiger charge is 2.45. The van der Waals surface area contributed by atoms with E-state index in [1.165, 1.54) is 11.6 Å². The van der Waals surface area contributed by atoms with E-state index in [0.29, 0.717) is 46.1 Å². The maximum Gasteiger partial charge on any atom is 0.343 e. The fraction of sp³-hybridized carbons (Fsp3) is 0.444. The SMILES string of the molecule is CCC[C@H]1CCc2c(C)c(F)cc3nc4c(c1c23)Cn1c-4cc2c(c1=O)COC(=O)[C@]2(O)CC. The molecular formula is C27H27FN2O4. The fourth-order valence-electron chi connectivity index (χ4n) is 6.29. The van der Waals surface area contributed by atoms with Gasteiger partial charge in [0.2, 0.25) is 0 Å². The predicted molar refractivity (Wildman–Crippen MR) is 125 cm³/mol. The number of rotatable bonds is 3. The van der Waals surface area contributed by atoms with Crippen molar-refractivity contribution in [3.05, 3.63) is 61.7 Å². The maximum atomic E-state index is 14.8. The van der Waals surface area contributed by atoms with Crippen molar-refractivity contribution in [2.75, 3.05) is 0 Å². The van der Waals surface area contributed by atoms with Crippen LogP contribution in [0.4, 0.5) is 4.39 Å². The summed E-state index contributed by atoms with van der Waals surface area (Å²) < 4.78 is 21.7. The zero-order chi connectivity index (χ0) is 23.9. The molecular weight excluding hydrogens is 435 g/mol. The standard InChI is InChI=1S/C27H27FN2O4/c1-4-6-14-7-8-15-13(3)19(28)10-20-23(15)22(14)16-11-30-21(24(16)29-20)9-18-17(25(30)31)12-34-26(32)27(18,33)5-2/h9-10,14,33H,4-8,11-12H2,1-3H3/t14-,27-/m0/s1. The van der Waals surface area contributed by atoms with Crippen LogP contribution in [0.1, 0.15) is 78.8 Å². The number of aryl methyl sites for hydroxylation is 1. The molecule has 2 atom stereocenters. The monoisotopic (exact) mass is 462 g/mol. The minimum Gasteiger partial charge on any atom is -0.458 e. The van der Waals surface area contributed by atoms with E-state index in [-0.39, 0.29) is 24.4 Å². The number of ether oxygens (including phenoxy) is 1. The highest BCUT2D eigenvalue weighted by Crippen LogP contribution is 2.47. The van der Waals surface area contributed by atoms with Gasteiger partial charge < -0.3 is 14.4 Å². The second kappa shape index (κ2) is 7.22. The van der Waals surface area contributed by atoms with Crippen molar-refractivity contribution in [3.8, 4) is 11.4 Å². The summed E-state index contributed by atoms with van der Waals surface area (Å²) in [5, 5.41) is 12.1. The first kappa shape index (κ1) is 21.5. The predicted octanol–water partition coefficient (Wildman–Crippen LogP) is 4.36. The van der Waals surface area contributed by atoms with E-state index in [1.807, 2.05) is 6.92 Å². The van der Waals surface area contributed by atoms with E-state index in [9.17, 15) is 19.1 Å². The summed E-state index contributed by atoms with van der Waals surface area (Å²) >= 11 is 0. The number of hydrogen-bond acceptors (Lipinski definition) is 5. The largest absolute Gasteiger partial charge is 0.458 e. The van der Waals surface area contributed by atoms with Gasteiger partial charge in [0, 0.05) is 22.6 Å². The number of cyclic esters (lactones) is 1. The van der Waals surface area contributed by atoms with Gasteiger partial charge in [-0.1, -0.05) is 20.3 Å². The summed E-state index contributed by atoms with van der Waals surface area (Å²) in [5.41, 5.74) is 4.19. The van der Waals surface area contributed by atoms with Crippen LogP contribution in [0.5, 0.6) is 0 Å². The maximum absolute atomic E-state index is 14.8. The minimum atomic E-state index is -1.86. The van der Waals surface area contributed by atoms with E-state index in [0.717, 1.165) is 42.2 Å². The lowest BCUT2D eigenvalue weighted by atomic mass is 9.76. The lowest BCUT2D eigenvalue weighted by molar-refractivity contribution is -0.172. The Labute approximate surface area is 196 Å². The van der Waals surface area contributed by atoms with E-state index in [4.69, 9.17) is 9.72 Å². The minimum absolute atomic E-state index is 0.0946. The zero-order valence-corrected chi connectivity index (χ0v) is 19.6. The summed E-state index contributed by atoms with van der Waals surface area (Å²) in [4.78, 5) is 30.9. The van der Waals surface area contributed by atoms with Crippen molar-refractivity contribution in [1.29, 1.82) is 0 Å². The first-order chi connectivity index (χ1) is 16.3. The van der Waals surface area contributed by atoms with Crippen LogP contribution in [0.15, 0.2) is 16.9 Å². The van der Waals surface area contributed by atoms with E-state index in [1.54, 1.807) is 17.6 Å². The summed E-state index contributed by atoms with van der Waals surface area (Å²) in [5.74, 6) is -0.686. The molecule has 6 nitrogen and oxygen atoms in total. The Morgan fingerprint density at radius 2 is 2.03 bits per heavy atom. The van der Waals surface area contributed by atoms with E-state index >= 15 is 0 Å². The lowest BCUT2D eigenvalue weighted by Crippen LogP contribution is -2.44. The molecule has 2 aliphatic heterocycles. The molecule has 0 bridgehead atoms. The van der Waals surface area contributed by atoms with Gasteiger partial charge in [0.1, 0.15) is 12.4 Å². The van der Waals surface area contributed by atoms with Gasteiger partial charge in [0.15, 0.2) is 5.60 Å². The van der Waals surface area contributed by atoms with Crippen molar-refractivity contribution >= 4 is 16.9 Å². The Balaban J connectivity index is 1.69. The van der Waals surface area contributed by atoms with E-state index < -0.39 is 11.6 Å². The summed E-state index contributed by atoms with van der Waals surface area (Å²) in [7, 11) is 0. The van der Waals surface area contributed by atoms with Crippen LogP contribution in [-0.4, -0.2) is 20.6 Å². The molecule has 2 aromatic heterocycles. The van der Waals surface area contributed by atoms with Crippen molar-refractivity contribution < 1.29 is 19.0 Å². The van der Waals surface area contributed by atoms with E-state index in [2.05, 4.69) is 6.92 Å². The van der Waals surface area contributed by atoms with Crippen molar-refractivity contribution in [1.82, 2.24) is 9.55 Å². The number of fused-ring (bicyclic) bond motifs is 5. The van der Waals surface area contributed by atoms with Gasteiger partial charge in [-0.3, -0.25) is 4.79 Å². The molecule has 34 heavy (non-hydrogen) atoms. The van der Waals surface area contributed by atoms with Crippen LogP contribution in [-0.2, 0) is 34.7 Å². The average Bonchev–Trinajstić information content (AvgIpc) is 3.19. The molecule has 0 amide bonds. The smallest absolute Gasteiger partial charge is 0.343 e. The van der Waals surface area contributed by atoms with Gasteiger partial charge >= 0.3 is 5.97 Å². The number of benzene rings is 1. The highest BCUT2D eigenvalue weighted by atomic mass is 19.1. The van der Waals surface area contributed by atoms with Gasteiger partial charge in [0.05, 0.1) is 29.0 Å². The third-order valence-electron chi connectivity index (χ3n) is 8.13.